The van der Waals surface area contributed by atoms with Crippen molar-refractivity contribution >= 4 is 27.9 Å². The van der Waals surface area contributed by atoms with Crippen molar-refractivity contribution < 1.29 is 0 Å². The summed E-state index contributed by atoms with van der Waals surface area (Å²) in [6, 6.07) is 8.64. The summed E-state index contributed by atoms with van der Waals surface area (Å²) in [6.45, 7) is 2.21. The van der Waals surface area contributed by atoms with E-state index in [1.165, 1.54) is 0 Å². The molecule has 1 aliphatic rings. The van der Waals surface area contributed by atoms with E-state index in [4.69, 9.17) is 5.73 Å². The molecule has 0 radical (unpaired) electrons. The SMILES string of the molecule is CN1CCC(n2c(N)nc3cnc4ccccc4c32)CC1. The summed E-state index contributed by atoms with van der Waals surface area (Å²) < 4.78 is 2.23. The predicted octanol–water partition coefficient (Wildman–Crippen LogP) is 2.43. The highest BCUT2D eigenvalue weighted by atomic mass is 15.2. The van der Waals surface area contributed by atoms with Gasteiger partial charge in [-0.1, -0.05) is 18.2 Å². The number of nitrogens with two attached hydrogens (primary N) is 1. The Morgan fingerprint density at radius 2 is 1.90 bits per heavy atom. The van der Waals surface area contributed by atoms with Gasteiger partial charge in [0.25, 0.3) is 0 Å². The first-order valence-corrected chi connectivity index (χ1v) is 7.44. The number of hydrogen-bond donors (Lipinski definition) is 1. The molecule has 1 aliphatic heterocycles. The number of fused-ring (bicyclic) bond motifs is 3. The molecule has 1 fully saturated rings. The molecule has 5 nitrogen and oxygen atoms in total. The van der Waals surface area contributed by atoms with Crippen molar-refractivity contribution in [1.29, 1.82) is 0 Å². The van der Waals surface area contributed by atoms with E-state index in [9.17, 15) is 0 Å². The third-order valence-corrected chi connectivity index (χ3v) is 4.50. The number of anilines is 1. The topological polar surface area (TPSA) is 60.0 Å². The highest BCUT2D eigenvalue weighted by molar-refractivity contribution is 6.03. The Kier molecular flexibility index (Phi) is 2.82. The van der Waals surface area contributed by atoms with Gasteiger partial charge < -0.3 is 15.2 Å². The minimum atomic E-state index is 0.428. The quantitative estimate of drug-likeness (QED) is 0.744. The van der Waals surface area contributed by atoms with E-state index in [0.717, 1.165) is 47.9 Å². The fourth-order valence-corrected chi connectivity index (χ4v) is 3.37. The predicted molar refractivity (Wildman–Crippen MR) is 85.2 cm³/mol. The van der Waals surface area contributed by atoms with Crippen LogP contribution in [0.5, 0.6) is 0 Å². The van der Waals surface area contributed by atoms with Crippen LogP contribution in [0.25, 0.3) is 21.9 Å². The molecule has 0 atom stereocenters. The number of benzene rings is 1. The summed E-state index contributed by atoms with van der Waals surface area (Å²) >= 11 is 0. The van der Waals surface area contributed by atoms with Crippen LogP contribution in [0.3, 0.4) is 0 Å². The molecule has 0 saturated carbocycles. The molecule has 0 amide bonds. The molecule has 21 heavy (non-hydrogen) atoms. The van der Waals surface area contributed by atoms with Gasteiger partial charge in [-0.3, -0.25) is 4.98 Å². The molecule has 0 unspecified atom stereocenters. The lowest BCUT2D eigenvalue weighted by Gasteiger charge is -2.30. The molecule has 3 heterocycles. The molecular formula is C16H19N5. The number of imidazole rings is 1. The van der Waals surface area contributed by atoms with Crippen molar-refractivity contribution in [2.24, 2.45) is 0 Å². The third-order valence-electron chi connectivity index (χ3n) is 4.50. The first-order valence-electron chi connectivity index (χ1n) is 7.44. The number of para-hydroxylation sites is 1. The maximum atomic E-state index is 6.22. The first kappa shape index (κ1) is 12.6. The molecule has 0 bridgehead atoms. The minimum absolute atomic E-state index is 0.428. The minimum Gasteiger partial charge on any atom is -0.369 e. The molecule has 2 aromatic heterocycles. The average molecular weight is 281 g/mol. The van der Waals surface area contributed by atoms with Gasteiger partial charge in [0, 0.05) is 11.4 Å². The van der Waals surface area contributed by atoms with Crippen LogP contribution in [0.2, 0.25) is 0 Å². The molecule has 2 N–H and O–H groups in total. The number of hydrogen-bond acceptors (Lipinski definition) is 4. The van der Waals surface area contributed by atoms with E-state index in [2.05, 4.69) is 32.5 Å². The Bertz CT molecular complexity index is 799. The van der Waals surface area contributed by atoms with Gasteiger partial charge in [-0.2, -0.15) is 0 Å². The van der Waals surface area contributed by atoms with Crippen molar-refractivity contribution in [3.8, 4) is 0 Å². The zero-order chi connectivity index (χ0) is 14.4. The highest BCUT2D eigenvalue weighted by Crippen LogP contribution is 2.32. The van der Waals surface area contributed by atoms with Crippen molar-refractivity contribution in [3.05, 3.63) is 30.5 Å². The van der Waals surface area contributed by atoms with Crippen LogP contribution in [0.4, 0.5) is 5.95 Å². The van der Waals surface area contributed by atoms with Crippen molar-refractivity contribution in [1.82, 2.24) is 19.4 Å². The monoisotopic (exact) mass is 281 g/mol. The Labute approximate surface area is 123 Å². The lowest BCUT2D eigenvalue weighted by Crippen LogP contribution is -2.31. The van der Waals surface area contributed by atoms with Crippen molar-refractivity contribution in [2.45, 2.75) is 18.9 Å². The Hall–Kier alpha value is -2.14. The molecule has 1 aromatic carbocycles. The van der Waals surface area contributed by atoms with Crippen LogP contribution in [-0.4, -0.2) is 39.6 Å². The molecule has 108 valence electrons. The molecular weight excluding hydrogens is 262 g/mol. The number of piperidine rings is 1. The average Bonchev–Trinajstić information content (AvgIpc) is 2.85. The Balaban J connectivity index is 1.95. The summed E-state index contributed by atoms with van der Waals surface area (Å²) in [5.41, 5.74) is 9.25. The second-order valence-electron chi connectivity index (χ2n) is 5.88. The fraction of sp³-hybridized carbons (Fsp3) is 0.375. The summed E-state index contributed by atoms with van der Waals surface area (Å²) in [6.07, 6.45) is 4.06. The van der Waals surface area contributed by atoms with E-state index < -0.39 is 0 Å². The largest absolute Gasteiger partial charge is 0.369 e. The van der Waals surface area contributed by atoms with Gasteiger partial charge in [0.2, 0.25) is 5.95 Å². The normalized spacial score (nSPS) is 17.8. The van der Waals surface area contributed by atoms with E-state index in [0.29, 0.717) is 12.0 Å². The fourth-order valence-electron chi connectivity index (χ4n) is 3.37. The zero-order valence-corrected chi connectivity index (χ0v) is 12.2. The molecule has 1 saturated heterocycles. The van der Waals surface area contributed by atoms with Gasteiger partial charge in [0.15, 0.2) is 0 Å². The standard InChI is InChI=1S/C16H19N5/c1-20-8-6-11(7-9-20)21-15-12-4-2-3-5-13(12)18-10-14(15)19-16(21)17/h2-5,10-11H,6-9H2,1H3,(H2,17,19). The van der Waals surface area contributed by atoms with E-state index >= 15 is 0 Å². The number of nitrogen functional groups attached to an aromatic ring is 1. The van der Waals surface area contributed by atoms with Gasteiger partial charge in [-0.15, -0.1) is 0 Å². The van der Waals surface area contributed by atoms with Crippen LogP contribution in [0.1, 0.15) is 18.9 Å². The van der Waals surface area contributed by atoms with Gasteiger partial charge in [-0.05, 0) is 39.0 Å². The van der Waals surface area contributed by atoms with Crippen molar-refractivity contribution in [2.75, 3.05) is 25.9 Å². The Morgan fingerprint density at radius 3 is 2.71 bits per heavy atom. The number of rotatable bonds is 1. The maximum absolute atomic E-state index is 6.22. The van der Waals surface area contributed by atoms with Crippen LogP contribution >= 0.6 is 0 Å². The summed E-state index contributed by atoms with van der Waals surface area (Å²) in [7, 11) is 2.17. The van der Waals surface area contributed by atoms with Crippen LogP contribution in [-0.2, 0) is 0 Å². The van der Waals surface area contributed by atoms with E-state index in [1.54, 1.807) is 0 Å². The van der Waals surface area contributed by atoms with Crippen LogP contribution in [0.15, 0.2) is 30.5 Å². The number of nitrogens with zero attached hydrogens (tertiary/aromatic N) is 4. The summed E-state index contributed by atoms with van der Waals surface area (Å²) in [5, 5.41) is 1.14. The number of aromatic nitrogens is 3. The lowest BCUT2D eigenvalue weighted by atomic mass is 10.0. The van der Waals surface area contributed by atoms with Gasteiger partial charge in [0.05, 0.1) is 17.2 Å². The first-order chi connectivity index (χ1) is 10.2. The lowest BCUT2D eigenvalue weighted by molar-refractivity contribution is 0.225. The molecule has 0 aliphatic carbocycles. The van der Waals surface area contributed by atoms with E-state index in [1.807, 2.05) is 24.4 Å². The van der Waals surface area contributed by atoms with Gasteiger partial charge >= 0.3 is 0 Å². The third kappa shape index (κ3) is 1.96. The second-order valence-corrected chi connectivity index (χ2v) is 5.88. The second kappa shape index (κ2) is 4.70. The van der Waals surface area contributed by atoms with Gasteiger partial charge in [0.1, 0.15) is 5.52 Å². The maximum Gasteiger partial charge on any atom is 0.201 e. The summed E-state index contributed by atoms with van der Waals surface area (Å²) in [5.74, 6) is 0.609. The summed E-state index contributed by atoms with van der Waals surface area (Å²) in [4.78, 5) is 11.4. The van der Waals surface area contributed by atoms with E-state index in [-0.39, 0.29) is 0 Å². The molecule has 0 spiro atoms. The molecule has 4 rings (SSSR count). The smallest absolute Gasteiger partial charge is 0.201 e. The highest BCUT2D eigenvalue weighted by Gasteiger charge is 2.23. The van der Waals surface area contributed by atoms with Gasteiger partial charge in [-0.25, -0.2) is 4.98 Å². The van der Waals surface area contributed by atoms with Crippen LogP contribution in [0, 0.1) is 0 Å². The molecule has 3 aromatic rings. The van der Waals surface area contributed by atoms with Crippen molar-refractivity contribution in [3.63, 3.8) is 0 Å². The zero-order valence-electron chi connectivity index (χ0n) is 12.2. The number of pyridine rings is 1. The molecule has 5 heteroatoms. The van der Waals surface area contributed by atoms with Crippen LogP contribution < -0.4 is 5.73 Å². The Morgan fingerprint density at radius 1 is 1.14 bits per heavy atom. The number of likely N-dealkylation sites (tertiary alicyclic amines) is 1.